The first-order chi connectivity index (χ1) is 14.9. The Morgan fingerprint density at radius 2 is 1.74 bits per heavy atom. The Kier molecular flexibility index (Phi) is 7.56. The van der Waals surface area contributed by atoms with Crippen molar-refractivity contribution in [1.29, 1.82) is 0 Å². The molecule has 9 heteroatoms. The second kappa shape index (κ2) is 10.2. The van der Waals surface area contributed by atoms with E-state index >= 15 is 0 Å². The summed E-state index contributed by atoms with van der Waals surface area (Å²) in [6.07, 6.45) is 0.192. The third kappa shape index (κ3) is 5.37. The van der Waals surface area contributed by atoms with Crippen LogP contribution in [-0.4, -0.2) is 26.5 Å². The van der Waals surface area contributed by atoms with E-state index in [0.29, 0.717) is 54.4 Å². The van der Waals surface area contributed by atoms with Gasteiger partial charge in [0.25, 0.3) is 0 Å². The quantitative estimate of drug-likeness (QED) is 0.365. The van der Waals surface area contributed by atoms with Gasteiger partial charge in [0.15, 0.2) is 17.8 Å². The van der Waals surface area contributed by atoms with E-state index in [9.17, 15) is 9.59 Å². The molecule has 1 atom stereocenters. The number of aldehydes is 1. The molecule has 3 rings (SSSR count). The fourth-order valence-electron chi connectivity index (χ4n) is 3.03. The van der Waals surface area contributed by atoms with Crippen LogP contribution in [0.25, 0.3) is 0 Å². The van der Waals surface area contributed by atoms with E-state index in [4.69, 9.17) is 37.4 Å². The summed E-state index contributed by atoms with van der Waals surface area (Å²) >= 11 is 13.9. The summed E-state index contributed by atoms with van der Waals surface area (Å²) in [6, 6.07) is 11.8. The van der Waals surface area contributed by atoms with Crippen LogP contribution in [-0.2, 0) is 11.2 Å². The topological polar surface area (TPSA) is 89.5 Å². The van der Waals surface area contributed by atoms with Gasteiger partial charge in [-0.1, -0.05) is 29.3 Å². The first-order valence-corrected chi connectivity index (χ1v) is 10.7. The number of halogens is 2. The third-order valence-corrected chi connectivity index (χ3v) is 6.23. The van der Waals surface area contributed by atoms with Crippen molar-refractivity contribution in [3.8, 4) is 11.5 Å². The predicted octanol–water partition coefficient (Wildman–Crippen LogP) is 4.90. The number of esters is 1. The minimum atomic E-state index is -0.722. The van der Waals surface area contributed by atoms with Crippen molar-refractivity contribution in [2.75, 3.05) is 14.2 Å². The van der Waals surface area contributed by atoms with Crippen LogP contribution in [0.2, 0.25) is 10.0 Å². The molecule has 0 amide bonds. The van der Waals surface area contributed by atoms with E-state index in [1.54, 1.807) is 42.5 Å². The Balaban J connectivity index is 1.99. The summed E-state index contributed by atoms with van der Waals surface area (Å²) in [5.41, 5.74) is 5.83. The molecule has 0 spiro atoms. The first-order valence-electron chi connectivity index (χ1n) is 9.14. The van der Waals surface area contributed by atoms with Crippen LogP contribution < -0.4 is 15.2 Å². The van der Waals surface area contributed by atoms with Gasteiger partial charge in [-0.25, -0.2) is 4.79 Å². The Morgan fingerprint density at radius 3 is 2.32 bits per heavy atom. The summed E-state index contributed by atoms with van der Waals surface area (Å²) < 4.78 is 16.5. The zero-order valence-corrected chi connectivity index (χ0v) is 19.1. The highest BCUT2D eigenvalue weighted by Gasteiger charge is 2.24. The Hall–Kier alpha value is -2.58. The lowest BCUT2D eigenvalue weighted by Crippen LogP contribution is -2.40. The van der Waals surface area contributed by atoms with Gasteiger partial charge in [0.05, 0.1) is 29.1 Å². The predicted molar refractivity (Wildman–Crippen MR) is 120 cm³/mol. The second-order valence-corrected chi connectivity index (χ2v) is 8.50. The zero-order valence-electron chi connectivity index (χ0n) is 16.8. The van der Waals surface area contributed by atoms with Crippen molar-refractivity contribution in [2.45, 2.75) is 12.5 Å². The van der Waals surface area contributed by atoms with Crippen molar-refractivity contribution < 1.29 is 29.5 Å². The zero-order chi connectivity index (χ0) is 22.5. The van der Waals surface area contributed by atoms with E-state index in [-0.39, 0.29) is 6.42 Å². The van der Waals surface area contributed by atoms with Gasteiger partial charge in [-0.05, 0) is 35.4 Å². The fourth-order valence-corrected chi connectivity index (χ4v) is 4.42. The molecule has 3 aromatic rings. The first kappa shape index (κ1) is 23.1. The number of methoxy groups -OCH3 is 2. The summed E-state index contributed by atoms with van der Waals surface area (Å²) in [7, 11) is 3.06. The number of ether oxygens (including phenoxy) is 3. The van der Waals surface area contributed by atoms with Crippen LogP contribution >= 0.6 is 34.5 Å². The lowest BCUT2D eigenvalue weighted by Gasteiger charge is -2.21. The molecule has 0 aliphatic carbocycles. The van der Waals surface area contributed by atoms with E-state index in [1.165, 1.54) is 14.2 Å². The molecular weight excluding hydrogens is 461 g/mol. The molecule has 0 radical (unpaired) electrons. The number of thiophene rings is 1. The maximum atomic E-state index is 12.8. The van der Waals surface area contributed by atoms with Gasteiger partial charge in [-0.2, -0.15) is 0 Å². The molecule has 1 aromatic heterocycles. The van der Waals surface area contributed by atoms with Gasteiger partial charge in [0.1, 0.15) is 16.7 Å². The molecule has 6 nitrogen and oxygen atoms in total. The lowest BCUT2D eigenvalue weighted by atomic mass is 10.00. The highest BCUT2D eigenvalue weighted by Crippen LogP contribution is 2.36. The van der Waals surface area contributed by atoms with Crippen LogP contribution in [0.5, 0.6) is 11.5 Å². The molecule has 2 aromatic carbocycles. The summed E-state index contributed by atoms with van der Waals surface area (Å²) in [5, 5.41) is 0.858. The lowest BCUT2D eigenvalue weighted by molar-refractivity contribution is -0.254. The van der Waals surface area contributed by atoms with Crippen molar-refractivity contribution in [3.05, 3.63) is 73.4 Å². The molecule has 0 fully saturated rings. The number of carbonyl (C=O) groups is 2. The molecule has 0 saturated heterocycles. The minimum absolute atomic E-state index is 0.227. The number of hydrogen-bond acceptors (Lipinski definition) is 6. The molecule has 0 bridgehead atoms. The van der Waals surface area contributed by atoms with Crippen molar-refractivity contribution >= 4 is 52.5 Å². The summed E-state index contributed by atoms with van der Waals surface area (Å²) in [5.74, 6) is 0.479. The smallest absolute Gasteiger partial charge is 0.348 e. The average Bonchev–Trinajstić information content (AvgIpc) is 3.24. The van der Waals surface area contributed by atoms with Crippen molar-refractivity contribution in [2.24, 2.45) is 0 Å². The molecule has 0 unspecified atom stereocenters. The Labute approximate surface area is 193 Å². The number of quaternary nitrogens is 1. The van der Waals surface area contributed by atoms with Crippen LogP contribution in [0.15, 0.2) is 42.5 Å². The van der Waals surface area contributed by atoms with E-state index in [1.807, 2.05) is 0 Å². The summed E-state index contributed by atoms with van der Waals surface area (Å²) in [4.78, 5) is 24.5. The SMILES string of the molecule is COc1ccc([C@H](Cc2c(Cl)cc([NH3+])cc2Cl)OC(=O)c2ccc(C=O)s2)cc1OC. The minimum Gasteiger partial charge on any atom is -0.493 e. The van der Waals surface area contributed by atoms with Crippen LogP contribution in [0, 0.1) is 0 Å². The van der Waals surface area contributed by atoms with E-state index < -0.39 is 12.1 Å². The molecule has 31 heavy (non-hydrogen) atoms. The normalized spacial score (nSPS) is 11.6. The van der Waals surface area contributed by atoms with Gasteiger partial charge < -0.3 is 19.9 Å². The average molecular weight is 481 g/mol. The van der Waals surface area contributed by atoms with Crippen molar-refractivity contribution in [3.63, 3.8) is 0 Å². The van der Waals surface area contributed by atoms with Gasteiger partial charge in [0.2, 0.25) is 0 Å². The van der Waals surface area contributed by atoms with Gasteiger partial charge in [0, 0.05) is 18.6 Å². The number of carbonyl (C=O) groups excluding carboxylic acids is 2. The van der Waals surface area contributed by atoms with Gasteiger partial charge in [-0.3, -0.25) is 4.79 Å². The molecule has 0 saturated carbocycles. The van der Waals surface area contributed by atoms with Crippen LogP contribution in [0.3, 0.4) is 0 Å². The highest BCUT2D eigenvalue weighted by molar-refractivity contribution is 7.15. The molecule has 1 heterocycles. The molecule has 0 aliphatic rings. The number of hydrogen-bond donors (Lipinski definition) is 1. The fraction of sp³-hybridized carbons (Fsp3) is 0.182. The highest BCUT2D eigenvalue weighted by atomic mass is 35.5. The monoisotopic (exact) mass is 480 g/mol. The van der Waals surface area contributed by atoms with E-state index in [2.05, 4.69) is 5.73 Å². The Bertz CT molecular complexity index is 1090. The molecule has 3 N–H and O–H groups in total. The largest absolute Gasteiger partial charge is 0.493 e. The second-order valence-electron chi connectivity index (χ2n) is 6.57. The number of rotatable bonds is 8. The Morgan fingerprint density at radius 1 is 1.06 bits per heavy atom. The van der Waals surface area contributed by atoms with Gasteiger partial charge >= 0.3 is 5.97 Å². The maximum Gasteiger partial charge on any atom is 0.348 e. The third-order valence-electron chi connectivity index (χ3n) is 4.56. The molecule has 0 aliphatic heterocycles. The van der Waals surface area contributed by atoms with E-state index in [0.717, 1.165) is 11.3 Å². The maximum absolute atomic E-state index is 12.8. The molecular formula is C22H20Cl2NO5S+. The number of benzene rings is 2. The van der Waals surface area contributed by atoms with Gasteiger partial charge in [-0.15, -0.1) is 11.3 Å². The van der Waals surface area contributed by atoms with Crippen LogP contribution in [0.4, 0.5) is 5.69 Å². The standard InChI is InChI=1S/C22H19Cl2NO5S/c1-28-18-5-3-12(7-20(18)29-2)19(10-15-16(23)8-13(25)9-17(15)24)30-22(27)21-6-4-14(11-26)31-21/h3-9,11,19H,10,25H2,1-2H3/p+1/t19-/m0/s1. The van der Waals surface area contributed by atoms with Crippen molar-refractivity contribution in [1.82, 2.24) is 0 Å². The summed E-state index contributed by atoms with van der Waals surface area (Å²) in [6.45, 7) is 0. The van der Waals surface area contributed by atoms with Crippen LogP contribution in [0.1, 0.15) is 36.6 Å². The molecule has 162 valence electrons.